The van der Waals surface area contributed by atoms with Crippen molar-refractivity contribution in [3.63, 3.8) is 0 Å². The Labute approximate surface area is 125 Å². The quantitative estimate of drug-likeness (QED) is 0.708. The summed E-state index contributed by atoms with van der Waals surface area (Å²) in [5.41, 5.74) is -0.385. The van der Waals surface area contributed by atoms with Crippen LogP contribution in [0.5, 0.6) is 5.75 Å². The summed E-state index contributed by atoms with van der Waals surface area (Å²) in [5.74, 6) is 0.248. The van der Waals surface area contributed by atoms with Crippen LogP contribution in [0.25, 0.3) is 0 Å². The average molecular weight is 295 g/mol. The van der Waals surface area contributed by atoms with Gasteiger partial charge in [0.05, 0.1) is 11.7 Å². The normalized spacial score (nSPS) is 13.1. The van der Waals surface area contributed by atoms with Crippen LogP contribution >= 0.6 is 0 Å². The zero-order chi connectivity index (χ0) is 16.0. The van der Waals surface area contributed by atoms with E-state index in [1.54, 1.807) is 0 Å². The first-order valence-electron chi connectivity index (χ1n) is 7.14. The number of ether oxygens (including phenoxy) is 1. The fourth-order valence-corrected chi connectivity index (χ4v) is 1.75. The maximum Gasteiger partial charge on any atom is 0.251 e. The van der Waals surface area contributed by atoms with Crippen molar-refractivity contribution >= 4 is 5.91 Å². The molecule has 0 radical (unpaired) electrons. The Morgan fingerprint density at radius 1 is 1.29 bits per heavy atom. The Bertz CT molecular complexity index is 448. The van der Waals surface area contributed by atoms with E-state index in [1.807, 2.05) is 38.1 Å². The highest BCUT2D eigenvalue weighted by molar-refractivity contribution is 5.81. The van der Waals surface area contributed by atoms with Crippen LogP contribution in [-0.4, -0.2) is 40.5 Å². The van der Waals surface area contributed by atoms with Crippen molar-refractivity contribution in [1.82, 2.24) is 5.32 Å². The highest BCUT2D eigenvalue weighted by Crippen LogP contribution is 2.14. The molecule has 1 rings (SSSR count). The van der Waals surface area contributed by atoms with Gasteiger partial charge in [-0.3, -0.25) is 4.79 Å². The first-order chi connectivity index (χ1) is 9.70. The zero-order valence-electron chi connectivity index (χ0n) is 13.1. The van der Waals surface area contributed by atoms with E-state index in [1.165, 1.54) is 13.8 Å². The molecule has 5 heteroatoms. The number of aliphatic hydroxyl groups is 2. The molecule has 0 aromatic heterocycles. The molecule has 118 valence electrons. The Kier molecular flexibility index (Phi) is 6.18. The molecule has 1 aromatic rings. The standard InChI is InChI=1S/C16H25NO4/c1-11(2)21-13-7-5-12(6-8-13)9-10-17-15(19)14(18)16(3,4)20/h5-8,11,14,18,20H,9-10H2,1-4H3,(H,17,19). The minimum Gasteiger partial charge on any atom is -0.491 e. The third kappa shape index (κ3) is 6.14. The summed E-state index contributed by atoms with van der Waals surface area (Å²) in [6.45, 7) is 7.13. The monoisotopic (exact) mass is 295 g/mol. The van der Waals surface area contributed by atoms with E-state index in [0.29, 0.717) is 13.0 Å². The van der Waals surface area contributed by atoms with E-state index in [-0.39, 0.29) is 6.10 Å². The molecule has 1 amide bonds. The van der Waals surface area contributed by atoms with E-state index in [4.69, 9.17) is 4.74 Å². The van der Waals surface area contributed by atoms with Gasteiger partial charge in [0, 0.05) is 6.54 Å². The summed E-state index contributed by atoms with van der Waals surface area (Å²) in [5, 5.41) is 21.7. The van der Waals surface area contributed by atoms with Crippen molar-refractivity contribution in [1.29, 1.82) is 0 Å². The number of carbonyl (C=O) groups is 1. The first kappa shape index (κ1) is 17.5. The van der Waals surface area contributed by atoms with Gasteiger partial charge in [-0.1, -0.05) is 12.1 Å². The van der Waals surface area contributed by atoms with Crippen molar-refractivity contribution in [3.05, 3.63) is 29.8 Å². The highest BCUT2D eigenvalue weighted by atomic mass is 16.5. The molecule has 1 atom stereocenters. The van der Waals surface area contributed by atoms with Crippen molar-refractivity contribution in [2.75, 3.05) is 6.54 Å². The summed E-state index contributed by atoms with van der Waals surface area (Å²) in [4.78, 5) is 11.6. The van der Waals surface area contributed by atoms with Crippen LogP contribution in [0.3, 0.4) is 0 Å². The number of nitrogens with one attached hydrogen (secondary N) is 1. The lowest BCUT2D eigenvalue weighted by Gasteiger charge is -2.23. The van der Waals surface area contributed by atoms with E-state index in [0.717, 1.165) is 11.3 Å². The lowest BCUT2D eigenvalue weighted by Crippen LogP contribution is -2.48. The number of carbonyl (C=O) groups excluding carboxylic acids is 1. The Hall–Kier alpha value is -1.59. The van der Waals surface area contributed by atoms with Gasteiger partial charge in [-0.25, -0.2) is 0 Å². The molecular formula is C16H25NO4. The Morgan fingerprint density at radius 3 is 2.33 bits per heavy atom. The molecular weight excluding hydrogens is 270 g/mol. The summed E-state index contributed by atoms with van der Waals surface area (Å²) in [7, 11) is 0. The van der Waals surface area contributed by atoms with Gasteiger partial charge in [-0.15, -0.1) is 0 Å². The number of benzene rings is 1. The predicted octanol–water partition coefficient (Wildman–Crippen LogP) is 1.26. The molecule has 21 heavy (non-hydrogen) atoms. The van der Waals surface area contributed by atoms with E-state index in [9.17, 15) is 15.0 Å². The van der Waals surface area contributed by atoms with Crippen LogP contribution in [0.4, 0.5) is 0 Å². The van der Waals surface area contributed by atoms with Gasteiger partial charge in [0.2, 0.25) is 0 Å². The second-order valence-electron chi connectivity index (χ2n) is 5.91. The van der Waals surface area contributed by atoms with Gasteiger partial charge in [-0.05, 0) is 51.8 Å². The van der Waals surface area contributed by atoms with Gasteiger partial charge in [0.1, 0.15) is 5.75 Å². The molecule has 0 bridgehead atoms. The predicted molar refractivity (Wildman–Crippen MR) is 81.2 cm³/mol. The number of aliphatic hydroxyl groups excluding tert-OH is 1. The first-order valence-corrected chi connectivity index (χ1v) is 7.14. The minimum absolute atomic E-state index is 0.137. The van der Waals surface area contributed by atoms with E-state index >= 15 is 0 Å². The molecule has 0 aliphatic carbocycles. The number of rotatable bonds is 7. The lowest BCUT2D eigenvalue weighted by molar-refractivity contribution is -0.141. The van der Waals surface area contributed by atoms with Gasteiger partial charge >= 0.3 is 0 Å². The fraction of sp³-hybridized carbons (Fsp3) is 0.562. The summed E-state index contributed by atoms with van der Waals surface area (Å²) < 4.78 is 5.55. The molecule has 1 aromatic carbocycles. The molecule has 0 spiro atoms. The average Bonchev–Trinajstić information content (AvgIpc) is 2.38. The number of hydrogen-bond acceptors (Lipinski definition) is 4. The molecule has 3 N–H and O–H groups in total. The maximum absolute atomic E-state index is 11.6. The van der Waals surface area contributed by atoms with Gasteiger partial charge in [-0.2, -0.15) is 0 Å². The van der Waals surface area contributed by atoms with Gasteiger partial charge in [0.25, 0.3) is 5.91 Å². The Balaban J connectivity index is 2.41. The molecule has 0 fully saturated rings. The summed E-state index contributed by atoms with van der Waals surface area (Å²) >= 11 is 0. The Morgan fingerprint density at radius 2 is 1.86 bits per heavy atom. The SMILES string of the molecule is CC(C)Oc1ccc(CCNC(=O)C(O)C(C)(C)O)cc1. The van der Waals surface area contributed by atoms with Crippen molar-refractivity contribution in [2.24, 2.45) is 0 Å². The molecule has 0 heterocycles. The highest BCUT2D eigenvalue weighted by Gasteiger charge is 2.30. The number of hydrogen-bond donors (Lipinski definition) is 3. The fourth-order valence-electron chi connectivity index (χ4n) is 1.75. The molecule has 0 saturated carbocycles. The minimum atomic E-state index is -1.44. The topological polar surface area (TPSA) is 78.8 Å². The largest absolute Gasteiger partial charge is 0.491 e. The van der Waals surface area contributed by atoms with Crippen LogP contribution in [0.15, 0.2) is 24.3 Å². The smallest absolute Gasteiger partial charge is 0.251 e. The van der Waals surface area contributed by atoms with Crippen molar-refractivity contribution in [2.45, 2.75) is 51.9 Å². The third-order valence-electron chi connectivity index (χ3n) is 2.93. The van der Waals surface area contributed by atoms with Gasteiger partial charge < -0.3 is 20.3 Å². The molecule has 0 saturated heterocycles. The third-order valence-corrected chi connectivity index (χ3v) is 2.93. The lowest BCUT2D eigenvalue weighted by atomic mass is 10.0. The van der Waals surface area contributed by atoms with Crippen molar-refractivity contribution in [3.8, 4) is 5.75 Å². The molecule has 0 aliphatic heterocycles. The molecule has 5 nitrogen and oxygen atoms in total. The zero-order valence-corrected chi connectivity index (χ0v) is 13.1. The second kappa shape index (κ2) is 7.43. The van der Waals surface area contributed by atoms with Crippen LogP contribution in [-0.2, 0) is 11.2 Å². The van der Waals surface area contributed by atoms with Crippen LogP contribution < -0.4 is 10.1 Å². The van der Waals surface area contributed by atoms with E-state index in [2.05, 4.69) is 5.32 Å². The summed E-state index contributed by atoms with van der Waals surface area (Å²) in [6, 6.07) is 7.66. The van der Waals surface area contributed by atoms with Gasteiger partial charge in [0.15, 0.2) is 6.10 Å². The maximum atomic E-state index is 11.6. The molecule has 1 unspecified atom stereocenters. The summed E-state index contributed by atoms with van der Waals surface area (Å²) in [6.07, 6.45) is -0.649. The number of amides is 1. The molecule has 0 aliphatic rings. The van der Waals surface area contributed by atoms with E-state index < -0.39 is 17.6 Å². The van der Waals surface area contributed by atoms with Crippen LogP contribution in [0, 0.1) is 0 Å². The van der Waals surface area contributed by atoms with Crippen molar-refractivity contribution < 1.29 is 19.7 Å². The second-order valence-corrected chi connectivity index (χ2v) is 5.91. The van der Waals surface area contributed by atoms with Crippen LogP contribution in [0.1, 0.15) is 33.3 Å². The van der Waals surface area contributed by atoms with Crippen LogP contribution in [0.2, 0.25) is 0 Å².